The number of rotatable bonds is 8. The van der Waals surface area contributed by atoms with E-state index >= 15 is 0 Å². The lowest BCUT2D eigenvalue weighted by Crippen LogP contribution is -2.47. The summed E-state index contributed by atoms with van der Waals surface area (Å²) >= 11 is 0. The van der Waals surface area contributed by atoms with E-state index < -0.39 is 23.8 Å². The molecule has 1 atom stereocenters. The van der Waals surface area contributed by atoms with E-state index in [1.54, 1.807) is 12.1 Å². The van der Waals surface area contributed by atoms with Crippen molar-refractivity contribution in [1.82, 2.24) is 15.3 Å². The molecule has 12 nitrogen and oxygen atoms in total. The van der Waals surface area contributed by atoms with Crippen LogP contribution in [0.5, 0.6) is 0 Å². The molecule has 3 rings (SSSR count). The molecule has 0 unspecified atom stereocenters. The number of benzene rings is 1. The number of nitrogen functional groups attached to an aromatic ring is 2. The van der Waals surface area contributed by atoms with Crippen molar-refractivity contribution >= 4 is 40.9 Å². The van der Waals surface area contributed by atoms with Crippen molar-refractivity contribution in [1.29, 1.82) is 0 Å². The highest BCUT2D eigenvalue weighted by Crippen LogP contribution is 2.27. The number of carbonyl (C=O) groups excluding carboxylic acids is 2. The average molecular weight is 457 g/mol. The summed E-state index contributed by atoms with van der Waals surface area (Å²) in [4.78, 5) is 47.2. The first kappa shape index (κ1) is 23.6. The second-order valence-electron chi connectivity index (χ2n) is 7.79. The number of amides is 2. The number of anilines is 4. The van der Waals surface area contributed by atoms with Gasteiger partial charge >= 0.3 is 5.97 Å². The molecule has 1 saturated heterocycles. The number of hydrogen-bond donors (Lipinski definition) is 5. The van der Waals surface area contributed by atoms with Crippen LogP contribution >= 0.6 is 0 Å². The zero-order valence-electron chi connectivity index (χ0n) is 18.3. The number of carboxylic acid groups (broad SMARTS) is 1. The van der Waals surface area contributed by atoms with Gasteiger partial charge in [-0.15, -0.1) is 0 Å². The lowest BCUT2D eigenvalue weighted by Gasteiger charge is -2.38. The first-order valence-corrected chi connectivity index (χ1v) is 10.5. The molecule has 2 amide bonds. The summed E-state index contributed by atoms with van der Waals surface area (Å²) in [7, 11) is 0. The minimum absolute atomic E-state index is 0.0677. The Hall–Kier alpha value is -4.09. The molecule has 1 fully saturated rings. The monoisotopic (exact) mass is 456 g/mol. The molecule has 0 bridgehead atoms. The molecular weight excluding hydrogens is 428 g/mol. The zero-order valence-corrected chi connectivity index (χ0v) is 18.3. The predicted molar refractivity (Wildman–Crippen MR) is 124 cm³/mol. The number of carbonyl (C=O) groups is 3. The van der Waals surface area contributed by atoms with Gasteiger partial charge in [0.25, 0.3) is 5.91 Å². The molecule has 0 radical (unpaired) electrons. The highest BCUT2D eigenvalue weighted by atomic mass is 16.4. The normalized spacial score (nSPS) is 14.6. The standard InChI is InChI=1S/C21H28N8O4/c1-12-17(18(23)27-21(24)25-12)29-10-8-28(9-11-29)14-4-2-13(3-5-14)19(31)26-15(20(32)33)6-7-16(22)30/h2-5,15H,6-11H2,1H3,(H2,22,30)(H,26,31)(H,32,33)(H4,23,24,25,27)/t15-/m0/s1. The molecule has 1 aromatic heterocycles. The number of aryl methyl sites for hydroxylation is 1. The number of aromatic nitrogens is 2. The number of carboxylic acids is 1. The van der Waals surface area contributed by atoms with Gasteiger partial charge in [0.15, 0.2) is 5.82 Å². The van der Waals surface area contributed by atoms with Gasteiger partial charge in [-0.1, -0.05) is 0 Å². The second kappa shape index (κ2) is 10.0. The van der Waals surface area contributed by atoms with E-state index in [9.17, 15) is 19.5 Å². The number of nitrogens with one attached hydrogen (secondary N) is 1. The predicted octanol–water partition coefficient (Wildman–Crippen LogP) is -0.275. The number of aliphatic carboxylic acids is 1. The molecule has 1 aliphatic heterocycles. The summed E-state index contributed by atoms with van der Waals surface area (Å²) in [6.45, 7) is 4.72. The van der Waals surface area contributed by atoms with Crippen LogP contribution in [-0.2, 0) is 9.59 Å². The molecule has 176 valence electrons. The molecule has 2 aromatic rings. The molecule has 33 heavy (non-hydrogen) atoms. The Morgan fingerprint density at radius 3 is 2.21 bits per heavy atom. The van der Waals surface area contributed by atoms with Gasteiger partial charge in [0.2, 0.25) is 11.9 Å². The van der Waals surface area contributed by atoms with Crippen LogP contribution in [0.15, 0.2) is 24.3 Å². The number of primary amides is 1. The zero-order chi connectivity index (χ0) is 24.1. The van der Waals surface area contributed by atoms with Crippen LogP contribution in [0.3, 0.4) is 0 Å². The van der Waals surface area contributed by atoms with Crippen molar-refractivity contribution in [3.8, 4) is 0 Å². The minimum Gasteiger partial charge on any atom is -0.480 e. The van der Waals surface area contributed by atoms with Gasteiger partial charge in [-0.3, -0.25) is 9.59 Å². The summed E-state index contributed by atoms with van der Waals surface area (Å²) in [5, 5.41) is 11.7. The minimum atomic E-state index is -1.22. The lowest BCUT2D eigenvalue weighted by atomic mass is 10.1. The fourth-order valence-corrected chi connectivity index (χ4v) is 3.80. The summed E-state index contributed by atoms with van der Waals surface area (Å²) in [6, 6.07) is 5.72. The molecule has 1 aliphatic rings. The first-order chi connectivity index (χ1) is 15.7. The van der Waals surface area contributed by atoms with Gasteiger partial charge in [-0.05, 0) is 37.6 Å². The summed E-state index contributed by atoms with van der Waals surface area (Å²) in [5.74, 6) is -1.86. The highest BCUT2D eigenvalue weighted by molar-refractivity contribution is 5.97. The van der Waals surface area contributed by atoms with Gasteiger partial charge in [-0.25, -0.2) is 9.78 Å². The fraction of sp³-hybridized carbons (Fsp3) is 0.381. The lowest BCUT2D eigenvalue weighted by molar-refractivity contribution is -0.139. The van der Waals surface area contributed by atoms with Crippen LogP contribution in [0.2, 0.25) is 0 Å². The largest absolute Gasteiger partial charge is 0.480 e. The SMILES string of the molecule is Cc1nc(N)nc(N)c1N1CCN(c2ccc(C(=O)N[C@@H](CCC(N)=O)C(=O)O)cc2)CC1. The number of piperazine rings is 1. The van der Waals surface area contributed by atoms with E-state index in [0.717, 1.165) is 30.2 Å². The summed E-state index contributed by atoms with van der Waals surface area (Å²) in [6.07, 6.45) is -0.197. The van der Waals surface area contributed by atoms with Crippen LogP contribution in [0.1, 0.15) is 28.9 Å². The van der Waals surface area contributed by atoms with Gasteiger partial charge in [0.1, 0.15) is 11.7 Å². The van der Waals surface area contributed by atoms with Crippen LogP contribution < -0.4 is 32.3 Å². The van der Waals surface area contributed by atoms with Crippen molar-refractivity contribution < 1.29 is 19.5 Å². The highest BCUT2D eigenvalue weighted by Gasteiger charge is 2.23. The molecule has 12 heteroatoms. The Bertz CT molecular complexity index is 1010. The van der Waals surface area contributed by atoms with E-state index in [1.807, 2.05) is 19.1 Å². The Balaban J connectivity index is 1.60. The van der Waals surface area contributed by atoms with E-state index in [4.69, 9.17) is 17.2 Å². The Morgan fingerprint density at radius 1 is 1.06 bits per heavy atom. The molecule has 0 saturated carbocycles. The third-order valence-electron chi connectivity index (χ3n) is 5.48. The van der Waals surface area contributed by atoms with Crippen LogP contribution in [0, 0.1) is 6.92 Å². The Morgan fingerprint density at radius 2 is 1.67 bits per heavy atom. The van der Waals surface area contributed by atoms with E-state index in [1.165, 1.54) is 0 Å². The molecule has 8 N–H and O–H groups in total. The van der Waals surface area contributed by atoms with Crippen LogP contribution in [0.4, 0.5) is 23.1 Å². The third-order valence-corrected chi connectivity index (χ3v) is 5.48. The molecule has 0 spiro atoms. The van der Waals surface area contributed by atoms with Crippen LogP contribution in [0.25, 0.3) is 0 Å². The maximum Gasteiger partial charge on any atom is 0.326 e. The topological polar surface area (TPSA) is 194 Å². The average Bonchev–Trinajstić information content (AvgIpc) is 2.76. The quantitative estimate of drug-likeness (QED) is 0.353. The molecular formula is C21H28N8O4. The van der Waals surface area contributed by atoms with Gasteiger partial charge in [0, 0.05) is 43.9 Å². The van der Waals surface area contributed by atoms with Gasteiger partial charge < -0.3 is 37.4 Å². The van der Waals surface area contributed by atoms with Crippen molar-refractivity contribution in [3.05, 3.63) is 35.5 Å². The number of nitrogens with zero attached hydrogens (tertiary/aromatic N) is 4. The van der Waals surface area contributed by atoms with E-state index in [2.05, 4.69) is 25.1 Å². The fourth-order valence-electron chi connectivity index (χ4n) is 3.80. The summed E-state index contributed by atoms with van der Waals surface area (Å²) in [5.41, 5.74) is 19.6. The third kappa shape index (κ3) is 5.79. The molecule has 2 heterocycles. The number of hydrogen-bond acceptors (Lipinski definition) is 9. The molecule has 0 aliphatic carbocycles. The maximum absolute atomic E-state index is 12.4. The van der Waals surface area contributed by atoms with Crippen molar-refractivity contribution in [2.75, 3.05) is 47.4 Å². The van der Waals surface area contributed by atoms with E-state index in [0.29, 0.717) is 24.5 Å². The first-order valence-electron chi connectivity index (χ1n) is 10.5. The smallest absolute Gasteiger partial charge is 0.326 e. The van der Waals surface area contributed by atoms with Gasteiger partial charge in [-0.2, -0.15) is 4.98 Å². The van der Waals surface area contributed by atoms with E-state index in [-0.39, 0.29) is 18.8 Å². The van der Waals surface area contributed by atoms with Gasteiger partial charge in [0.05, 0.1) is 5.69 Å². The Kier molecular flexibility index (Phi) is 7.16. The van der Waals surface area contributed by atoms with Crippen molar-refractivity contribution in [3.63, 3.8) is 0 Å². The maximum atomic E-state index is 12.4. The summed E-state index contributed by atoms with van der Waals surface area (Å²) < 4.78 is 0. The Labute approximate surface area is 190 Å². The number of nitrogens with two attached hydrogens (primary N) is 3. The molecule has 1 aromatic carbocycles. The second-order valence-corrected chi connectivity index (χ2v) is 7.79. The van der Waals surface area contributed by atoms with Crippen molar-refractivity contribution in [2.24, 2.45) is 5.73 Å². The van der Waals surface area contributed by atoms with Crippen molar-refractivity contribution in [2.45, 2.75) is 25.8 Å². The van der Waals surface area contributed by atoms with Crippen LogP contribution in [-0.4, -0.2) is 65.1 Å².